The Labute approximate surface area is 116 Å². The summed E-state index contributed by atoms with van der Waals surface area (Å²) in [7, 11) is 0. The van der Waals surface area contributed by atoms with Crippen molar-refractivity contribution in [2.24, 2.45) is 0 Å². The van der Waals surface area contributed by atoms with Crippen LogP contribution in [0, 0.1) is 0 Å². The summed E-state index contributed by atoms with van der Waals surface area (Å²) in [5, 5.41) is 3.32. The van der Waals surface area contributed by atoms with E-state index in [1.807, 2.05) is 6.07 Å². The van der Waals surface area contributed by atoms with Crippen LogP contribution in [0.5, 0.6) is 0 Å². The van der Waals surface area contributed by atoms with Crippen LogP contribution in [0.15, 0.2) is 28.2 Å². The minimum absolute atomic E-state index is 0.227. The Morgan fingerprint density at radius 1 is 1.32 bits per heavy atom. The third kappa shape index (κ3) is 5.37. The lowest BCUT2D eigenvalue weighted by atomic mass is 10.2. The van der Waals surface area contributed by atoms with Gasteiger partial charge in [-0.2, -0.15) is 8.78 Å². The van der Waals surface area contributed by atoms with Crippen molar-refractivity contribution in [3.63, 3.8) is 0 Å². The molecule has 0 atom stereocenters. The third-order valence-corrected chi connectivity index (χ3v) is 3.83. The maximum absolute atomic E-state index is 12.0. The van der Waals surface area contributed by atoms with Crippen LogP contribution < -0.4 is 5.32 Å². The first-order chi connectivity index (χ1) is 9.24. The molecular weight excluding hydrogens is 268 g/mol. The highest BCUT2D eigenvalue weighted by molar-refractivity contribution is 7.98. The van der Waals surface area contributed by atoms with Crippen molar-refractivity contribution in [3.05, 3.63) is 35.3 Å². The van der Waals surface area contributed by atoms with E-state index in [1.54, 1.807) is 11.6 Å². The lowest BCUT2D eigenvalue weighted by Crippen LogP contribution is -2.14. The average molecular weight is 287 g/mol. The molecule has 0 aromatic carbocycles. The average Bonchev–Trinajstić information content (AvgIpc) is 3.04. The molecule has 19 heavy (non-hydrogen) atoms. The van der Waals surface area contributed by atoms with Gasteiger partial charge in [0.15, 0.2) is 0 Å². The number of alkyl halides is 2. The maximum atomic E-state index is 12.0. The number of hydrogen-bond acceptors (Lipinski definition) is 3. The van der Waals surface area contributed by atoms with E-state index in [4.69, 9.17) is 4.42 Å². The van der Waals surface area contributed by atoms with Gasteiger partial charge >= 0.3 is 0 Å². The zero-order valence-corrected chi connectivity index (χ0v) is 11.6. The molecule has 0 bridgehead atoms. The highest BCUT2D eigenvalue weighted by Gasteiger charge is 2.07. The Morgan fingerprint density at radius 2 is 2.16 bits per heavy atom. The SMILES string of the molecule is FC(F)SCc1ccc(CNCCC2=CCCC2)o1. The van der Waals surface area contributed by atoms with Crippen LogP contribution >= 0.6 is 11.8 Å². The number of nitrogens with one attached hydrogen (secondary N) is 1. The summed E-state index contributed by atoms with van der Waals surface area (Å²) in [4.78, 5) is 0. The Bertz CT molecular complexity index is 417. The van der Waals surface area contributed by atoms with Gasteiger partial charge in [0.05, 0.1) is 12.3 Å². The monoisotopic (exact) mass is 287 g/mol. The van der Waals surface area contributed by atoms with Gasteiger partial charge in [-0.05, 0) is 44.4 Å². The van der Waals surface area contributed by atoms with Crippen LogP contribution in [0.2, 0.25) is 0 Å². The van der Waals surface area contributed by atoms with Gasteiger partial charge in [-0.3, -0.25) is 0 Å². The highest BCUT2D eigenvalue weighted by atomic mass is 32.2. The van der Waals surface area contributed by atoms with E-state index in [-0.39, 0.29) is 5.75 Å². The van der Waals surface area contributed by atoms with Gasteiger partial charge in [0.2, 0.25) is 0 Å². The summed E-state index contributed by atoms with van der Waals surface area (Å²) >= 11 is 0.588. The predicted octanol–water partition coefficient (Wildman–Crippen LogP) is 4.33. The molecule has 1 aromatic rings. The molecule has 0 aliphatic heterocycles. The van der Waals surface area contributed by atoms with Crippen molar-refractivity contribution < 1.29 is 13.2 Å². The minimum Gasteiger partial charge on any atom is -0.464 e. The van der Waals surface area contributed by atoms with Crippen molar-refractivity contribution in [1.29, 1.82) is 0 Å². The molecular formula is C14H19F2NOS. The zero-order chi connectivity index (χ0) is 13.5. The van der Waals surface area contributed by atoms with Gasteiger partial charge in [-0.15, -0.1) is 0 Å². The third-order valence-electron chi connectivity index (χ3n) is 3.13. The zero-order valence-electron chi connectivity index (χ0n) is 10.8. The number of halogens is 2. The molecule has 0 saturated heterocycles. The lowest BCUT2D eigenvalue weighted by Gasteiger charge is -2.03. The van der Waals surface area contributed by atoms with Gasteiger partial charge in [0, 0.05) is 0 Å². The first-order valence-electron chi connectivity index (χ1n) is 6.60. The molecule has 1 N–H and O–H groups in total. The molecule has 1 aliphatic carbocycles. The van der Waals surface area contributed by atoms with E-state index in [9.17, 15) is 8.78 Å². The molecule has 1 aromatic heterocycles. The van der Waals surface area contributed by atoms with Gasteiger partial charge < -0.3 is 9.73 Å². The minimum atomic E-state index is -2.34. The number of hydrogen-bond donors (Lipinski definition) is 1. The highest BCUT2D eigenvalue weighted by Crippen LogP contribution is 2.21. The van der Waals surface area contributed by atoms with E-state index in [0.29, 0.717) is 24.1 Å². The molecule has 0 amide bonds. The first-order valence-corrected chi connectivity index (χ1v) is 7.65. The molecule has 2 rings (SSSR count). The molecule has 106 valence electrons. The molecule has 0 fully saturated rings. The van der Waals surface area contributed by atoms with Crippen LogP contribution in [-0.4, -0.2) is 12.3 Å². The van der Waals surface area contributed by atoms with Crippen LogP contribution in [0.3, 0.4) is 0 Å². The molecule has 0 saturated carbocycles. The molecule has 0 unspecified atom stereocenters. The summed E-state index contributed by atoms with van der Waals surface area (Å²) in [5.74, 6) is -0.692. The van der Waals surface area contributed by atoms with Crippen molar-refractivity contribution in [2.75, 3.05) is 6.54 Å². The van der Waals surface area contributed by atoms with Crippen molar-refractivity contribution >= 4 is 11.8 Å². The number of thioether (sulfide) groups is 1. The lowest BCUT2D eigenvalue weighted by molar-refractivity contribution is 0.251. The van der Waals surface area contributed by atoms with Crippen LogP contribution in [-0.2, 0) is 12.3 Å². The summed E-state index contributed by atoms with van der Waals surface area (Å²) in [6, 6.07) is 3.62. The Balaban J connectivity index is 1.62. The van der Waals surface area contributed by atoms with Gasteiger partial charge in [0.1, 0.15) is 11.5 Å². The number of rotatable bonds is 8. The quantitative estimate of drug-likeness (QED) is 0.569. The fraction of sp³-hybridized carbons (Fsp3) is 0.571. The van der Waals surface area contributed by atoms with E-state index < -0.39 is 5.76 Å². The second kappa shape index (κ2) is 7.70. The first kappa shape index (κ1) is 14.6. The fourth-order valence-corrected chi connectivity index (χ4v) is 2.61. The molecule has 1 aliphatic rings. The molecule has 0 radical (unpaired) electrons. The van der Waals surface area contributed by atoms with Crippen LogP contribution in [0.25, 0.3) is 0 Å². The van der Waals surface area contributed by atoms with Crippen LogP contribution in [0.4, 0.5) is 8.78 Å². The fourth-order valence-electron chi connectivity index (χ4n) is 2.16. The normalized spacial score (nSPS) is 15.2. The standard InChI is InChI=1S/C14H19F2NOS/c15-14(16)19-10-13-6-5-12(18-13)9-17-8-7-11-3-1-2-4-11/h3,5-6,14,17H,1-2,4,7-10H2. The van der Waals surface area contributed by atoms with Crippen LogP contribution in [0.1, 0.15) is 37.2 Å². The number of furan rings is 1. The second-order valence-corrected chi connectivity index (χ2v) is 5.60. The summed E-state index contributed by atoms with van der Waals surface area (Å²) in [5.41, 5.74) is 1.54. The predicted molar refractivity (Wildman–Crippen MR) is 74.3 cm³/mol. The van der Waals surface area contributed by atoms with E-state index in [0.717, 1.165) is 18.7 Å². The van der Waals surface area contributed by atoms with E-state index in [2.05, 4.69) is 11.4 Å². The van der Waals surface area contributed by atoms with Crippen molar-refractivity contribution in [3.8, 4) is 0 Å². The Hall–Kier alpha value is -0.810. The van der Waals surface area contributed by atoms with E-state index >= 15 is 0 Å². The Kier molecular flexibility index (Phi) is 5.92. The molecule has 5 heteroatoms. The summed E-state index contributed by atoms with van der Waals surface area (Å²) in [6.45, 7) is 1.60. The Morgan fingerprint density at radius 3 is 2.89 bits per heavy atom. The largest absolute Gasteiger partial charge is 0.464 e. The smallest absolute Gasteiger partial charge is 0.284 e. The number of allylic oxidation sites excluding steroid dienone is 1. The molecule has 0 spiro atoms. The maximum Gasteiger partial charge on any atom is 0.284 e. The molecule has 1 heterocycles. The summed E-state index contributed by atoms with van der Waals surface area (Å²) in [6.07, 6.45) is 7.16. The summed E-state index contributed by atoms with van der Waals surface area (Å²) < 4.78 is 29.5. The van der Waals surface area contributed by atoms with Crippen molar-refractivity contribution in [2.45, 2.75) is 43.7 Å². The molecule has 2 nitrogen and oxygen atoms in total. The van der Waals surface area contributed by atoms with Gasteiger partial charge in [0.25, 0.3) is 5.76 Å². The second-order valence-electron chi connectivity index (χ2n) is 4.62. The van der Waals surface area contributed by atoms with Crippen molar-refractivity contribution in [1.82, 2.24) is 5.32 Å². The van der Waals surface area contributed by atoms with E-state index in [1.165, 1.54) is 19.3 Å². The van der Waals surface area contributed by atoms with Gasteiger partial charge in [-0.25, -0.2) is 0 Å². The van der Waals surface area contributed by atoms with Gasteiger partial charge in [-0.1, -0.05) is 23.4 Å². The topological polar surface area (TPSA) is 25.2 Å².